The molecule has 0 aromatic rings. The van der Waals surface area contributed by atoms with Gasteiger partial charge in [-0.25, -0.2) is 0 Å². The molecule has 1 atom stereocenters. The molecule has 0 radical (unpaired) electrons. The Balaban J connectivity index is 2.98. The first-order chi connectivity index (χ1) is 7.81. The van der Waals surface area contributed by atoms with Crippen molar-refractivity contribution < 1.29 is 14.2 Å². The first kappa shape index (κ1) is 16.1. The lowest BCUT2D eigenvalue weighted by molar-refractivity contribution is 0.104. The molecular weight excluding hydrogens is 230 g/mol. The van der Waals surface area contributed by atoms with Crippen LogP contribution in [0.15, 0.2) is 0 Å². The molecule has 0 heterocycles. The second kappa shape index (κ2) is 13.2. The Morgan fingerprint density at radius 2 is 1.88 bits per heavy atom. The summed E-state index contributed by atoms with van der Waals surface area (Å²) in [7, 11) is 3.36. The minimum atomic E-state index is 0.0973. The lowest BCUT2D eigenvalue weighted by Crippen LogP contribution is -2.24. The number of hydrogen-bond donors (Lipinski definition) is 1. The Morgan fingerprint density at radius 3 is 2.56 bits per heavy atom. The van der Waals surface area contributed by atoms with Crippen LogP contribution in [0.5, 0.6) is 0 Å². The molecule has 0 spiro atoms. The van der Waals surface area contributed by atoms with Crippen molar-refractivity contribution in [3.8, 4) is 0 Å². The monoisotopic (exact) mass is 253 g/mol. The molecule has 0 aliphatic carbocycles. The molecule has 98 valence electrons. The Kier molecular flexibility index (Phi) is 13.3. The first-order valence-electron chi connectivity index (χ1n) is 5.71. The standard InChI is InChI=1S/C11H24ClNO3/c1-14-7-3-8-16-9-6-13-5-4-11(12)10-15-2/h11,13H,3-10H2,1-2H3. The number of ether oxygens (including phenoxy) is 3. The second-order valence-electron chi connectivity index (χ2n) is 3.55. The highest BCUT2D eigenvalue weighted by Crippen LogP contribution is 2.00. The molecule has 0 aromatic carbocycles. The quantitative estimate of drug-likeness (QED) is 0.420. The minimum absolute atomic E-state index is 0.0973. The van der Waals surface area contributed by atoms with E-state index in [0.29, 0.717) is 6.61 Å². The predicted molar refractivity (Wildman–Crippen MR) is 66.3 cm³/mol. The molecule has 1 unspecified atom stereocenters. The van der Waals surface area contributed by atoms with Crippen molar-refractivity contribution in [2.45, 2.75) is 18.2 Å². The van der Waals surface area contributed by atoms with E-state index in [1.54, 1.807) is 14.2 Å². The van der Waals surface area contributed by atoms with Gasteiger partial charge in [-0.3, -0.25) is 0 Å². The molecule has 0 saturated heterocycles. The summed E-state index contributed by atoms with van der Waals surface area (Å²) in [6, 6.07) is 0. The summed E-state index contributed by atoms with van der Waals surface area (Å²) in [4.78, 5) is 0. The summed E-state index contributed by atoms with van der Waals surface area (Å²) in [5.41, 5.74) is 0. The van der Waals surface area contributed by atoms with Crippen LogP contribution in [-0.4, -0.2) is 59.1 Å². The highest BCUT2D eigenvalue weighted by Gasteiger charge is 2.02. The molecule has 1 N–H and O–H groups in total. The van der Waals surface area contributed by atoms with Crippen molar-refractivity contribution in [1.29, 1.82) is 0 Å². The zero-order chi connectivity index (χ0) is 12.1. The molecule has 0 aliphatic heterocycles. The minimum Gasteiger partial charge on any atom is -0.385 e. The normalized spacial score (nSPS) is 12.9. The van der Waals surface area contributed by atoms with E-state index >= 15 is 0 Å². The Hall–Kier alpha value is 0.130. The van der Waals surface area contributed by atoms with Crippen molar-refractivity contribution in [3.05, 3.63) is 0 Å². The molecule has 0 saturated carbocycles. The van der Waals surface area contributed by atoms with Crippen molar-refractivity contribution in [2.75, 3.05) is 53.7 Å². The topological polar surface area (TPSA) is 39.7 Å². The number of hydrogen-bond acceptors (Lipinski definition) is 4. The third kappa shape index (κ3) is 12.2. The lowest BCUT2D eigenvalue weighted by atomic mass is 10.3. The van der Waals surface area contributed by atoms with Gasteiger partial charge in [0, 0.05) is 34.0 Å². The molecule has 0 bridgehead atoms. The van der Waals surface area contributed by atoms with E-state index in [1.807, 2.05) is 0 Å². The number of methoxy groups -OCH3 is 2. The van der Waals surface area contributed by atoms with Crippen molar-refractivity contribution in [3.63, 3.8) is 0 Å². The summed E-state index contributed by atoms with van der Waals surface area (Å²) >= 11 is 5.97. The second-order valence-corrected chi connectivity index (χ2v) is 4.17. The van der Waals surface area contributed by atoms with Crippen LogP contribution in [0.25, 0.3) is 0 Å². The molecule has 16 heavy (non-hydrogen) atoms. The largest absolute Gasteiger partial charge is 0.385 e. The van der Waals surface area contributed by atoms with E-state index in [-0.39, 0.29) is 5.38 Å². The molecule has 0 aromatic heterocycles. The van der Waals surface area contributed by atoms with Gasteiger partial charge in [0.2, 0.25) is 0 Å². The van der Waals surface area contributed by atoms with E-state index in [2.05, 4.69) is 5.32 Å². The number of rotatable bonds is 12. The van der Waals surface area contributed by atoms with Gasteiger partial charge in [0.15, 0.2) is 0 Å². The summed E-state index contributed by atoms with van der Waals surface area (Å²) < 4.78 is 15.2. The lowest BCUT2D eigenvalue weighted by Gasteiger charge is -2.09. The molecule has 0 aliphatic rings. The smallest absolute Gasteiger partial charge is 0.0626 e. The number of halogens is 1. The van der Waals surface area contributed by atoms with Crippen LogP contribution in [0.4, 0.5) is 0 Å². The Morgan fingerprint density at radius 1 is 1.06 bits per heavy atom. The van der Waals surface area contributed by atoms with Gasteiger partial charge >= 0.3 is 0 Å². The first-order valence-corrected chi connectivity index (χ1v) is 6.15. The van der Waals surface area contributed by atoms with Crippen LogP contribution >= 0.6 is 11.6 Å². The summed E-state index contributed by atoms with van der Waals surface area (Å²) in [5.74, 6) is 0. The van der Waals surface area contributed by atoms with E-state index in [0.717, 1.165) is 45.8 Å². The summed E-state index contributed by atoms with van der Waals surface area (Å²) in [6.45, 7) is 4.63. The molecule has 0 amide bonds. The van der Waals surface area contributed by atoms with Gasteiger partial charge in [-0.1, -0.05) is 0 Å². The van der Waals surface area contributed by atoms with Crippen LogP contribution in [0.3, 0.4) is 0 Å². The zero-order valence-corrected chi connectivity index (χ0v) is 11.1. The molecular formula is C11H24ClNO3. The maximum Gasteiger partial charge on any atom is 0.0626 e. The van der Waals surface area contributed by atoms with Crippen LogP contribution in [-0.2, 0) is 14.2 Å². The molecule has 0 fully saturated rings. The van der Waals surface area contributed by atoms with Crippen LogP contribution < -0.4 is 5.32 Å². The van der Waals surface area contributed by atoms with E-state index in [4.69, 9.17) is 25.8 Å². The third-order valence-corrected chi connectivity index (χ3v) is 2.39. The summed E-state index contributed by atoms with van der Waals surface area (Å²) in [6.07, 6.45) is 1.87. The fourth-order valence-electron chi connectivity index (χ4n) is 1.20. The maximum atomic E-state index is 5.97. The van der Waals surface area contributed by atoms with Crippen LogP contribution in [0.1, 0.15) is 12.8 Å². The predicted octanol–water partition coefficient (Wildman–Crippen LogP) is 1.27. The third-order valence-electron chi connectivity index (χ3n) is 2.04. The highest BCUT2D eigenvalue weighted by molar-refractivity contribution is 6.20. The summed E-state index contributed by atoms with van der Waals surface area (Å²) in [5, 5.41) is 3.37. The van der Waals surface area contributed by atoms with Gasteiger partial charge in [0.05, 0.1) is 18.6 Å². The fourth-order valence-corrected chi connectivity index (χ4v) is 1.43. The van der Waals surface area contributed by atoms with Gasteiger partial charge in [0.25, 0.3) is 0 Å². The van der Waals surface area contributed by atoms with E-state index in [1.165, 1.54) is 0 Å². The Bertz CT molecular complexity index is 138. The number of alkyl halides is 1. The van der Waals surface area contributed by atoms with Gasteiger partial charge in [0.1, 0.15) is 0 Å². The van der Waals surface area contributed by atoms with Gasteiger partial charge in [-0.2, -0.15) is 0 Å². The Labute approximate surface area is 104 Å². The SMILES string of the molecule is COCCCOCCNCCC(Cl)COC. The zero-order valence-electron chi connectivity index (χ0n) is 10.3. The highest BCUT2D eigenvalue weighted by atomic mass is 35.5. The van der Waals surface area contributed by atoms with Gasteiger partial charge < -0.3 is 19.5 Å². The average molecular weight is 254 g/mol. The molecule has 0 rings (SSSR count). The van der Waals surface area contributed by atoms with Crippen molar-refractivity contribution in [1.82, 2.24) is 5.32 Å². The fraction of sp³-hybridized carbons (Fsp3) is 1.00. The van der Waals surface area contributed by atoms with Crippen LogP contribution in [0.2, 0.25) is 0 Å². The number of nitrogens with one attached hydrogen (secondary N) is 1. The van der Waals surface area contributed by atoms with Crippen molar-refractivity contribution in [2.24, 2.45) is 0 Å². The maximum absolute atomic E-state index is 5.97. The van der Waals surface area contributed by atoms with Gasteiger partial charge in [-0.15, -0.1) is 11.6 Å². The molecule has 5 heteroatoms. The van der Waals surface area contributed by atoms with E-state index < -0.39 is 0 Å². The van der Waals surface area contributed by atoms with E-state index in [9.17, 15) is 0 Å². The average Bonchev–Trinajstić information content (AvgIpc) is 2.27. The van der Waals surface area contributed by atoms with Crippen LogP contribution in [0, 0.1) is 0 Å². The van der Waals surface area contributed by atoms with Crippen molar-refractivity contribution >= 4 is 11.6 Å². The molecule has 4 nitrogen and oxygen atoms in total. The van der Waals surface area contributed by atoms with Gasteiger partial charge in [-0.05, 0) is 19.4 Å².